The fourth-order valence-electron chi connectivity index (χ4n) is 3.70. The van der Waals surface area contributed by atoms with Gasteiger partial charge in [-0.05, 0) is 44.4 Å². The Morgan fingerprint density at radius 3 is 2.55 bits per heavy atom. The van der Waals surface area contributed by atoms with E-state index in [9.17, 15) is 9.90 Å². The lowest BCUT2D eigenvalue weighted by molar-refractivity contribution is -0.000434. The molecule has 4 heteroatoms. The van der Waals surface area contributed by atoms with Crippen LogP contribution in [0.25, 0.3) is 0 Å². The topological polar surface area (TPSA) is 49.8 Å². The Labute approximate surface area is 122 Å². The Morgan fingerprint density at radius 1 is 1.40 bits per heavy atom. The molecule has 1 saturated heterocycles. The highest BCUT2D eigenvalue weighted by Crippen LogP contribution is 2.44. The smallest absolute Gasteiger partial charge is 0.410 e. The van der Waals surface area contributed by atoms with Crippen molar-refractivity contribution in [2.45, 2.75) is 78.0 Å². The molecule has 2 aliphatic rings. The van der Waals surface area contributed by atoms with Gasteiger partial charge in [0.15, 0.2) is 0 Å². The maximum atomic E-state index is 12.2. The summed E-state index contributed by atoms with van der Waals surface area (Å²) in [4.78, 5) is 14.0. The van der Waals surface area contributed by atoms with Crippen LogP contribution in [0.1, 0.15) is 60.3 Å². The highest BCUT2D eigenvalue weighted by molar-refractivity contribution is 5.71. The number of hydrogen-bond donors (Lipinski definition) is 1. The van der Waals surface area contributed by atoms with Crippen molar-refractivity contribution in [3.63, 3.8) is 0 Å². The van der Waals surface area contributed by atoms with Gasteiger partial charge in [-0.2, -0.15) is 0 Å². The predicted molar refractivity (Wildman–Crippen MR) is 78.5 cm³/mol. The van der Waals surface area contributed by atoms with Gasteiger partial charge in [-0.25, -0.2) is 4.79 Å². The highest BCUT2D eigenvalue weighted by Gasteiger charge is 2.48. The second-order valence-electron chi connectivity index (χ2n) is 7.74. The molecule has 1 aliphatic heterocycles. The van der Waals surface area contributed by atoms with Gasteiger partial charge in [0.05, 0.1) is 12.6 Å². The average molecular weight is 283 g/mol. The third-order valence-corrected chi connectivity index (χ3v) is 5.25. The largest absolute Gasteiger partial charge is 0.441 e. The first kappa shape index (κ1) is 15.6. The lowest BCUT2D eigenvalue weighted by Gasteiger charge is -2.46. The van der Waals surface area contributed by atoms with Crippen LogP contribution in [0.5, 0.6) is 0 Å². The Hall–Kier alpha value is -0.770. The van der Waals surface area contributed by atoms with Gasteiger partial charge in [-0.15, -0.1) is 0 Å². The fourth-order valence-corrected chi connectivity index (χ4v) is 3.70. The molecule has 2 rings (SSSR count). The van der Waals surface area contributed by atoms with Gasteiger partial charge >= 0.3 is 6.09 Å². The summed E-state index contributed by atoms with van der Waals surface area (Å²) in [7, 11) is 0. The van der Waals surface area contributed by atoms with Crippen LogP contribution in [0, 0.1) is 11.3 Å². The lowest BCUT2D eigenvalue weighted by atomic mass is 9.66. The standard InChI is InChI=1S/C16H29NO3/c1-6-15(2,3)12-8-7-11(18)9-13(12)17-10-16(4,5)20-14(17)19/h11-13,18H,6-10H2,1-5H3. The molecule has 0 bridgehead atoms. The summed E-state index contributed by atoms with van der Waals surface area (Å²) in [6, 6.07) is 0.1000. The number of rotatable bonds is 3. The maximum absolute atomic E-state index is 12.2. The van der Waals surface area contributed by atoms with E-state index in [0.29, 0.717) is 18.9 Å². The van der Waals surface area contributed by atoms with Crippen LogP contribution >= 0.6 is 0 Å². The summed E-state index contributed by atoms with van der Waals surface area (Å²) in [6.07, 6.45) is 3.08. The summed E-state index contributed by atoms with van der Waals surface area (Å²) < 4.78 is 5.45. The zero-order chi connectivity index (χ0) is 15.1. The number of carbonyl (C=O) groups excluding carboxylic acids is 1. The third-order valence-electron chi connectivity index (χ3n) is 5.25. The molecular formula is C16H29NO3. The van der Waals surface area contributed by atoms with Gasteiger partial charge in [0, 0.05) is 6.04 Å². The summed E-state index contributed by atoms with van der Waals surface area (Å²) in [5.74, 6) is 0.428. The monoisotopic (exact) mass is 283 g/mol. The molecule has 1 heterocycles. The molecule has 0 radical (unpaired) electrons. The molecular weight excluding hydrogens is 254 g/mol. The number of nitrogens with zero attached hydrogens (tertiary/aromatic N) is 1. The highest BCUT2D eigenvalue weighted by atomic mass is 16.6. The quantitative estimate of drug-likeness (QED) is 0.865. The molecule has 2 fully saturated rings. The Kier molecular flexibility index (Phi) is 4.07. The second-order valence-corrected chi connectivity index (χ2v) is 7.74. The predicted octanol–water partition coefficient (Wildman–Crippen LogP) is 3.18. The van der Waals surface area contributed by atoms with Crippen molar-refractivity contribution in [3.05, 3.63) is 0 Å². The first-order valence-corrected chi connectivity index (χ1v) is 7.84. The van der Waals surface area contributed by atoms with Crippen LogP contribution in [-0.4, -0.2) is 40.4 Å². The van der Waals surface area contributed by atoms with E-state index in [0.717, 1.165) is 19.3 Å². The molecule has 20 heavy (non-hydrogen) atoms. The molecule has 3 atom stereocenters. The van der Waals surface area contributed by atoms with Crippen molar-refractivity contribution < 1.29 is 14.6 Å². The van der Waals surface area contributed by atoms with Gasteiger partial charge in [-0.1, -0.05) is 27.2 Å². The van der Waals surface area contributed by atoms with E-state index in [4.69, 9.17) is 4.74 Å². The number of carbonyl (C=O) groups is 1. The van der Waals surface area contributed by atoms with Crippen molar-refractivity contribution >= 4 is 6.09 Å². The van der Waals surface area contributed by atoms with Crippen molar-refractivity contribution in [3.8, 4) is 0 Å². The van der Waals surface area contributed by atoms with Crippen LogP contribution in [0.15, 0.2) is 0 Å². The molecule has 3 unspecified atom stereocenters. The van der Waals surface area contributed by atoms with Gasteiger partial charge in [0.25, 0.3) is 0 Å². The number of aliphatic hydroxyl groups excluding tert-OH is 1. The zero-order valence-electron chi connectivity index (χ0n) is 13.5. The molecule has 4 nitrogen and oxygen atoms in total. The Morgan fingerprint density at radius 2 is 2.05 bits per heavy atom. The van der Waals surface area contributed by atoms with Gasteiger partial charge in [0.1, 0.15) is 5.60 Å². The maximum Gasteiger partial charge on any atom is 0.410 e. The minimum Gasteiger partial charge on any atom is -0.441 e. The molecule has 0 aromatic heterocycles. The van der Waals surface area contributed by atoms with E-state index in [-0.39, 0.29) is 23.7 Å². The molecule has 0 aromatic carbocycles. The molecule has 0 aromatic rings. The lowest BCUT2D eigenvalue weighted by Crippen LogP contribution is -2.51. The van der Waals surface area contributed by atoms with E-state index < -0.39 is 5.60 Å². The summed E-state index contributed by atoms with van der Waals surface area (Å²) in [6.45, 7) is 11.3. The summed E-state index contributed by atoms with van der Waals surface area (Å²) in [5.41, 5.74) is -0.238. The minimum atomic E-state index is -0.416. The van der Waals surface area contributed by atoms with Gasteiger partial charge in [0.2, 0.25) is 0 Å². The normalized spacial score (nSPS) is 34.2. The number of hydrogen-bond acceptors (Lipinski definition) is 3. The van der Waals surface area contributed by atoms with Crippen molar-refractivity contribution in [1.29, 1.82) is 0 Å². The molecule has 0 spiro atoms. The zero-order valence-corrected chi connectivity index (χ0v) is 13.5. The Bertz CT molecular complexity index is 378. The number of aliphatic hydroxyl groups is 1. The van der Waals surface area contributed by atoms with Crippen molar-refractivity contribution in [2.24, 2.45) is 11.3 Å². The average Bonchev–Trinajstić information content (AvgIpc) is 2.62. The van der Waals surface area contributed by atoms with E-state index >= 15 is 0 Å². The van der Waals surface area contributed by atoms with Crippen molar-refractivity contribution in [2.75, 3.05) is 6.54 Å². The molecule has 1 saturated carbocycles. The van der Waals surface area contributed by atoms with E-state index in [1.165, 1.54) is 0 Å². The minimum absolute atomic E-state index is 0.1000. The van der Waals surface area contributed by atoms with Crippen LogP contribution in [0.3, 0.4) is 0 Å². The fraction of sp³-hybridized carbons (Fsp3) is 0.938. The van der Waals surface area contributed by atoms with Crippen LogP contribution in [0.2, 0.25) is 0 Å². The van der Waals surface area contributed by atoms with E-state index in [1.54, 1.807) is 0 Å². The SMILES string of the molecule is CCC(C)(C)C1CCC(O)CC1N1CC(C)(C)OC1=O. The molecule has 1 N–H and O–H groups in total. The van der Waals surface area contributed by atoms with Crippen LogP contribution in [0.4, 0.5) is 4.79 Å². The molecule has 1 amide bonds. The van der Waals surface area contributed by atoms with Crippen LogP contribution < -0.4 is 0 Å². The second kappa shape index (κ2) is 5.21. The first-order valence-electron chi connectivity index (χ1n) is 7.84. The molecule has 1 aliphatic carbocycles. The van der Waals surface area contributed by atoms with Gasteiger partial charge < -0.3 is 14.7 Å². The summed E-state index contributed by atoms with van der Waals surface area (Å²) in [5, 5.41) is 10.0. The van der Waals surface area contributed by atoms with E-state index in [2.05, 4.69) is 20.8 Å². The number of amides is 1. The van der Waals surface area contributed by atoms with Gasteiger partial charge in [-0.3, -0.25) is 0 Å². The number of ether oxygens (including phenoxy) is 1. The van der Waals surface area contributed by atoms with Crippen LogP contribution in [-0.2, 0) is 4.74 Å². The summed E-state index contributed by atoms with van der Waals surface area (Å²) >= 11 is 0. The first-order chi connectivity index (χ1) is 9.16. The third kappa shape index (κ3) is 2.95. The number of cyclic esters (lactones) is 1. The Balaban J connectivity index is 2.23. The van der Waals surface area contributed by atoms with Crippen molar-refractivity contribution in [1.82, 2.24) is 4.90 Å². The molecule has 116 valence electrons. The van der Waals surface area contributed by atoms with E-state index in [1.807, 2.05) is 18.7 Å².